The third-order valence-electron chi connectivity index (χ3n) is 2.89. The molecule has 1 aromatic rings. The van der Waals surface area contributed by atoms with Crippen LogP contribution >= 0.6 is 0 Å². The molecule has 0 saturated carbocycles. The van der Waals surface area contributed by atoms with Crippen LogP contribution in [0.2, 0.25) is 0 Å². The molecule has 0 spiro atoms. The van der Waals surface area contributed by atoms with Crippen molar-refractivity contribution in [1.29, 1.82) is 0 Å². The van der Waals surface area contributed by atoms with Gasteiger partial charge in [0.1, 0.15) is 12.1 Å². The predicted octanol–water partition coefficient (Wildman–Crippen LogP) is -1.39. The predicted molar refractivity (Wildman–Crippen MR) is 90.4 cm³/mol. The Kier molecular flexibility index (Phi) is 7.02. The minimum atomic E-state index is -1.40. The van der Waals surface area contributed by atoms with E-state index in [1.54, 1.807) is 25.8 Å². The molecule has 12 nitrogen and oxygen atoms in total. The average molecular weight is 384 g/mol. The second-order valence-corrected chi connectivity index (χ2v) is 6.33. The molecule has 1 heterocycles. The van der Waals surface area contributed by atoms with Crippen molar-refractivity contribution in [2.24, 2.45) is 0 Å². The molecule has 0 radical (unpaired) electrons. The number of nitrogens with zero attached hydrogens (tertiary/aromatic N) is 2. The minimum Gasteiger partial charge on any atom is -0.480 e. The van der Waals surface area contributed by atoms with Gasteiger partial charge < -0.3 is 20.1 Å². The topological polar surface area (TPSA) is 168 Å². The van der Waals surface area contributed by atoms with Gasteiger partial charge in [0.25, 0.3) is 5.56 Å². The van der Waals surface area contributed by atoms with E-state index in [-0.39, 0.29) is 13.1 Å². The number of ether oxygens (including phenoxy) is 1. The highest BCUT2D eigenvalue weighted by atomic mass is 16.6. The molecule has 27 heavy (non-hydrogen) atoms. The van der Waals surface area contributed by atoms with Crippen LogP contribution in [0.25, 0.3) is 0 Å². The van der Waals surface area contributed by atoms with Gasteiger partial charge in [0.05, 0.1) is 0 Å². The average Bonchev–Trinajstić information content (AvgIpc) is 2.50. The highest BCUT2D eigenvalue weighted by molar-refractivity contribution is 6.36. The maximum absolute atomic E-state index is 12.2. The number of carboxylic acids is 1. The van der Waals surface area contributed by atoms with Gasteiger partial charge in [-0.05, 0) is 20.8 Å². The van der Waals surface area contributed by atoms with E-state index < -0.39 is 47.3 Å². The van der Waals surface area contributed by atoms with E-state index in [9.17, 15) is 28.8 Å². The van der Waals surface area contributed by atoms with Gasteiger partial charge in [0.15, 0.2) is 0 Å². The van der Waals surface area contributed by atoms with Gasteiger partial charge in [-0.3, -0.25) is 24.2 Å². The zero-order valence-electron chi connectivity index (χ0n) is 15.0. The molecule has 0 aliphatic carbocycles. The molecule has 0 bridgehead atoms. The maximum Gasteiger partial charge on any atom is 0.407 e. The van der Waals surface area contributed by atoms with E-state index in [1.807, 2.05) is 0 Å². The molecule has 3 N–H and O–H groups in total. The second-order valence-electron chi connectivity index (χ2n) is 6.33. The summed E-state index contributed by atoms with van der Waals surface area (Å²) in [5.74, 6) is -4.05. The third-order valence-corrected chi connectivity index (χ3v) is 2.89. The van der Waals surface area contributed by atoms with Crippen molar-refractivity contribution in [1.82, 2.24) is 19.8 Å². The molecule has 0 aliphatic rings. The molecule has 0 aromatic carbocycles. The Morgan fingerprint density at radius 2 is 1.89 bits per heavy atom. The zero-order valence-corrected chi connectivity index (χ0v) is 15.0. The highest BCUT2D eigenvalue weighted by Crippen LogP contribution is 2.06. The van der Waals surface area contributed by atoms with E-state index in [0.29, 0.717) is 9.47 Å². The molecule has 1 rings (SSSR count). The number of carbonyl (C=O) groups is 4. The number of carbonyl (C=O) groups excluding carboxylic acids is 3. The maximum atomic E-state index is 12.2. The summed E-state index contributed by atoms with van der Waals surface area (Å²) in [5, 5.41) is 11.2. The Morgan fingerprint density at radius 1 is 1.26 bits per heavy atom. The standard InChI is InChI=1S/C15H20N4O8/c1-15(2,3)27-14(26)16-5-7-18(8-10(21)22)11(23)12(24)19-6-4-9(20)17-13(19)25/h4,6H,5,7-8H2,1-3H3,(H,16,26)(H,21,22)(H,17,20,25). The molecule has 0 atom stereocenters. The SMILES string of the molecule is CC(C)(C)OC(=O)NCCN(CC(=O)O)C(=O)C(=O)n1ccc(=O)[nH]c1=O. The summed E-state index contributed by atoms with van der Waals surface area (Å²) >= 11 is 0. The molecule has 0 fully saturated rings. The van der Waals surface area contributed by atoms with E-state index in [0.717, 1.165) is 12.3 Å². The number of aromatic nitrogens is 2. The Bertz CT molecular complexity index is 848. The summed E-state index contributed by atoms with van der Waals surface area (Å²) in [6.07, 6.45) is 0.0210. The quantitative estimate of drug-likeness (QED) is 0.522. The lowest BCUT2D eigenvalue weighted by Gasteiger charge is -2.22. The fraction of sp³-hybridized carbons (Fsp3) is 0.467. The number of H-pyrrole nitrogens is 1. The Labute approximate surface area is 152 Å². The van der Waals surface area contributed by atoms with Gasteiger partial charge in [-0.25, -0.2) is 14.2 Å². The van der Waals surface area contributed by atoms with Crippen LogP contribution in [-0.4, -0.2) is 68.7 Å². The van der Waals surface area contributed by atoms with Crippen molar-refractivity contribution in [3.05, 3.63) is 33.1 Å². The highest BCUT2D eigenvalue weighted by Gasteiger charge is 2.26. The van der Waals surface area contributed by atoms with Crippen LogP contribution in [0.1, 0.15) is 25.6 Å². The lowest BCUT2D eigenvalue weighted by Crippen LogP contribution is -2.48. The van der Waals surface area contributed by atoms with Crippen molar-refractivity contribution in [3.8, 4) is 0 Å². The van der Waals surface area contributed by atoms with E-state index in [4.69, 9.17) is 9.84 Å². The number of carboxylic acid groups (broad SMARTS) is 1. The first kappa shape index (κ1) is 21.6. The smallest absolute Gasteiger partial charge is 0.407 e. The molecule has 0 aliphatic heterocycles. The third kappa shape index (κ3) is 7.13. The van der Waals surface area contributed by atoms with E-state index >= 15 is 0 Å². The summed E-state index contributed by atoms with van der Waals surface area (Å²) in [6.45, 7) is 3.59. The Balaban J connectivity index is 2.83. The first-order valence-electron chi connectivity index (χ1n) is 7.75. The van der Waals surface area contributed by atoms with Crippen LogP contribution in [0.15, 0.2) is 21.9 Å². The monoisotopic (exact) mass is 384 g/mol. The van der Waals surface area contributed by atoms with Gasteiger partial charge in [-0.15, -0.1) is 0 Å². The van der Waals surface area contributed by atoms with Crippen LogP contribution in [-0.2, 0) is 14.3 Å². The number of hydrogen-bond acceptors (Lipinski definition) is 7. The fourth-order valence-corrected chi connectivity index (χ4v) is 1.84. The molecular weight excluding hydrogens is 364 g/mol. The number of alkyl carbamates (subject to hydrolysis) is 1. The summed E-state index contributed by atoms with van der Waals surface area (Å²) in [7, 11) is 0. The van der Waals surface area contributed by atoms with Crippen LogP contribution in [0.5, 0.6) is 0 Å². The molecule has 148 valence electrons. The number of rotatable bonds is 5. The second kappa shape index (κ2) is 8.78. The number of hydrogen-bond donors (Lipinski definition) is 3. The van der Waals surface area contributed by atoms with Gasteiger partial charge in [0, 0.05) is 25.4 Å². The molecule has 0 unspecified atom stereocenters. The summed E-state index contributed by atoms with van der Waals surface area (Å²) < 4.78 is 5.34. The van der Waals surface area contributed by atoms with Crippen molar-refractivity contribution >= 4 is 23.9 Å². The van der Waals surface area contributed by atoms with E-state index in [2.05, 4.69) is 5.32 Å². The summed E-state index contributed by atoms with van der Waals surface area (Å²) in [6, 6.07) is 0.859. The van der Waals surface area contributed by atoms with Crippen molar-refractivity contribution < 1.29 is 29.0 Å². The number of amides is 2. The first-order valence-corrected chi connectivity index (χ1v) is 7.75. The molecule has 1 aromatic heterocycles. The molecular formula is C15H20N4O8. The minimum absolute atomic E-state index is 0.193. The summed E-state index contributed by atoms with van der Waals surface area (Å²) in [4.78, 5) is 71.9. The van der Waals surface area contributed by atoms with Crippen LogP contribution in [0, 0.1) is 0 Å². The molecule has 12 heteroatoms. The first-order chi connectivity index (χ1) is 12.4. The normalized spacial score (nSPS) is 10.8. The lowest BCUT2D eigenvalue weighted by atomic mass is 10.2. The molecule has 2 amide bonds. The largest absolute Gasteiger partial charge is 0.480 e. The lowest BCUT2D eigenvalue weighted by molar-refractivity contribution is -0.142. The zero-order chi connectivity index (χ0) is 20.8. The summed E-state index contributed by atoms with van der Waals surface area (Å²) in [5.41, 5.74) is -2.65. The van der Waals surface area contributed by atoms with Crippen molar-refractivity contribution in [2.75, 3.05) is 19.6 Å². The van der Waals surface area contributed by atoms with Gasteiger partial charge in [-0.1, -0.05) is 0 Å². The number of aliphatic carboxylic acids is 1. The van der Waals surface area contributed by atoms with Gasteiger partial charge >= 0.3 is 29.6 Å². The fourth-order valence-electron chi connectivity index (χ4n) is 1.84. The number of aromatic amines is 1. The Hall–Kier alpha value is -3.44. The van der Waals surface area contributed by atoms with Crippen LogP contribution in [0.4, 0.5) is 4.79 Å². The number of nitrogens with one attached hydrogen (secondary N) is 2. The van der Waals surface area contributed by atoms with Crippen molar-refractivity contribution in [2.45, 2.75) is 26.4 Å². The van der Waals surface area contributed by atoms with Gasteiger partial charge in [-0.2, -0.15) is 0 Å². The van der Waals surface area contributed by atoms with Crippen LogP contribution < -0.4 is 16.6 Å². The van der Waals surface area contributed by atoms with Crippen LogP contribution in [0.3, 0.4) is 0 Å². The Morgan fingerprint density at radius 3 is 2.41 bits per heavy atom. The van der Waals surface area contributed by atoms with Crippen molar-refractivity contribution in [3.63, 3.8) is 0 Å². The van der Waals surface area contributed by atoms with E-state index in [1.165, 1.54) is 0 Å². The molecule has 0 saturated heterocycles. The van der Waals surface area contributed by atoms with Gasteiger partial charge in [0.2, 0.25) is 0 Å².